The number of anilines is 1. The van der Waals surface area contributed by atoms with Crippen molar-refractivity contribution < 1.29 is 31.1 Å². The molecule has 0 aliphatic heterocycles. The number of alkyl halides is 3. The van der Waals surface area contributed by atoms with Gasteiger partial charge in [0, 0.05) is 10.7 Å². The normalized spacial score (nSPS) is 11.9. The van der Waals surface area contributed by atoms with Gasteiger partial charge >= 0.3 is 12.1 Å². The van der Waals surface area contributed by atoms with Gasteiger partial charge in [-0.15, -0.1) is 0 Å². The van der Waals surface area contributed by atoms with Gasteiger partial charge in [0.25, 0.3) is 10.0 Å². The number of halogens is 4. The molecule has 0 spiro atoms. The van der Waals surface area contributed by atoms with Crippen LogP contribution in [-0.4, -0.2) is 21.5 Å². The topological polar surface area (TPSA) is 72.5 Å². The summed E-state index contributed by atoms with van der Waals surface area (Å²) in [5, 5.41) is -0.251. The molecule has 0 heterocycles. The summed E-state index contributed by atoms with van der Waals surface area (Å²) in [4.78, 5) is 10.5. The third-order valence-corrected chi connectivity index (χ3v) is 4.75. The molecule has 0 aromatic heterocycles. The van der Waals surface area contributed by atoms with E-state index in [1.165, 1.54) is 18.2 Å². The molecule has 134 valence electrons. The Balaban J connectivity index is 2.46. The van der Waals surface area contributed by atoms with Crippen molar-refractivity contribution in [3.8, 4) is 0 Å². The maximum atomic E-state index is 13.1. The first kappa shape index (κ1) is 19.1. The van der Waals surface area contributed by atoms with Crippen LogP contribution in [0.1, 0.15) is 15.9 Å². The summed E-state index contributed by atoms with van der Waals surface area (Å²) in [5.41, 5.74) is -1.45. The maximum Gasteiger partial charge on any atom is 0.417 e. The van der Waals surface area contributed by atoms with Crippen LogP contribution in [0.2, 0.25) is 5.02 Å². The minimum absolute atomic E-state index is 0.0369. The van der Waals surface area contributed by atoms with Crippen LogP contribution in [0.4, 0.5) is 18.9 Å². The largest absolute Gasteiger partial charge is 0.465 e. The third-order valence-electron chi connectivity index (χ3n) is 3.07. The summed E-state index contributed by atoms with van der Waals surface area (Å²) in [6.45, 7) is 0. The smallest absolute Gasteiger partial charge is 0.417 e. The first-order valence-corrected chi connectivity index (χ1v) is 8.48. The van der Waals surface area contributed by atoms with Crippen molar-refractivity contribution in [2.24, 2.45) is 0 Å². The number of rotatable bonds is 4. The Morgan fingerprint density at radius 1 is 1.16 bits per heavy atom. The predicted octanol–water partition coefficient (Wildman–Crippen LogP) is 3.95. The Bertz CT molecular complexity index is 913. The van der Waals surface area contributed by atoms with Gasteiger partial charge in [0.15, 0.2) is 0 Å². The average molecular weight is 394 g/mol. The second-order valence-electron chi connectivity index (χ2n) is 4.82. The van der Waals surface area contributed by atoms with E-state index in [0.717, 1.165) is 25.3 Å². The summed E-state index contributed by atoms with van der Waals surface area (Å²) >= 11 is 5.54. The zero-order valence-corrected chi connectivity index (χ0v) is 14.2. The highest BCUT2D eigenvalue weighted by Gasteiger charge is 2.37. The standard InChI is InChI=1S/C15H11ClF3NO4S/c1-24-14(21)9-3-2-4-11(7-9)20-25(22,23)13-6-5-10(16)8-12(13)15(17,18)19/h2-8,20H,1H3. The zero-order chi connectivity index (χ0) is 18.8. The maximum absolute atomic E-state index is 13.1. The van der Waals surface area contributed by atoms with Crippen LogP contribution in [0, 0.1) is 0 Å². The highest BCUT2D eigenvalue weighted by Crippen LogP contribution is 2.36. The molecule has 0 unspecified atom stereocenters. The molecule has 0 aliphatic rings. The Kier molecular flexibility index (Phi) is 5.28. The fourth-order valence-electron chi connectivity index (χ4n) is 2.00. The molecule has 2 aromatic rings. The molecule has 0 saturated carbocycles. The van der Waals surface area contributed by atoms with E-state index < -0.39 is 32.6 Å². The summed E-state index contributed by atoms with van der Waals surface area (Å²) in [5.74, 6) is -0.719. The second-order valence-corrected chi connectivity index (χ2v) is 6.90. The van der Waals surface area contributed by atoms with Crippen LogP contribution in [-0.2, 0) is 20.9 Å². The first-order valence-electron chi connectivity index (χ1n) is 6.62. The fourth-order valence-corrected chi connectivity index (χ4v) is 3.43. The van der Waals surface area contributed by atoms with Gasteiger partial charge in [0.05, 0.1) is 23.1 Å². The van der Waals surface area contributed by atoms with Crippen LogP contribution < -0.4 is 4.72 Å². The van der Waals surface area contributed by atoms with Gasteiger partial charge in [-0.25, -0.2) is 13.2 Å². The monoisotopic (exact) mass is 393 g/mol. The molecule has 0 aliphatic carbocycles. The molecule has 5 nitrogen and oxygen atoms in total. The number of methoxy groups -OCH3 is 1. The quantitative estimate of drug-likeness (QED) is 0.798. The van der Waals surface area contributed by atoms with Gasteiger partial charge in [-0.1, -0.05) is 17.7 Å². The molecular weight excluding hydrogens is 383 g/mol. The number of carbonyl (C=O) groups is 1. The molecule has 0 bridgehead atoms. The van der Waals surface area contributed by atoms with Crippen LogP contribution >= 0.6 is 11.6 Å². The molecule has 0 saturated heterocycles. The van der Waals surface area contributed by atoms with E-state index in [1.807, 2.05) is 4.72 Å². The van der Waals surface area contributed by atoms with Crippen molar-refractivity contribution in [1.82, 2.24) is 0 Å². The Labute approximate surface area is 146 Å². The van der Waals surface area contributed by atoms with Gasteiger partial charge in [0.2, 0.25) is 0 Å². The van der Waals surface area contributed by atoms with E-state index in [4.69, 9.17) is 11.6 Å². The van der Waals surface area contributed by atoms with E-state index in [0.29, 0.717) is 6.07 Å². The van der Waals surface area contributed by atoms with Crippen LogP contribution in [0.15, 0.2) is 47.4 Å². The lowest BCUT2D eigenvalue weighted by Gasteiger charge is -2.15. The summed E-state index contributed by atoms with van der Waals surface area (Å²) in [6.07, 6.45) is -4.91. The molecule has 2 rings (SSSR count). The average Bonchev–Trinajstić information content (AvgIpc) is 2.52. The lowest BCUT2D eigenvalue weighted by molar-refractivity contribution is -0.139. The summed E-state index contributed by atoms with van der Waals surface area (Å²) in [7, 11) is -3.43. The van der Waals surface area contributed by atoms with Crippen molar-refractivity contribution >= 4 is 33.3 Å². The van der Waals surface area contributed by atoms with Gasteiger partial charge in [-0.05, 0) is 36.4 Å². The minimum Gasteiger partial charge on any atom is -0.465 e. The van der Waals surface area contributed by atoms with E-state index in [-0.39, 0.29) is 16.3 Å². The lowest BCUT2D eigenvalue weighted by Crippen LogP contribution is -2.19. The molecule has 10 heteroatoms. The Morgan fingerprint density at radius 2 is 1.84 bits per heavy atom. The van der Waals surface area contributed by atoms with Crippen LogP contribution in [0.25, 0.3) is 0 Å². The number of hydrogen-bond donors (Lipinski definition) is 1. The van der Waals surface area contributed by atoms with Crippen molar-refractivity contribution in [1.29, 1.82) is 0 Å². The molecule has 0 fully saturated rings. The number of ether oxygens (including phenoxy) is 1. The van der Waals surface area contributed by atoms with E-state index in [9.17, 15) is 26.4 Å². The molecule has 25 heavy (non-hydrogen) atoms. The third kappa shape index (κ3) is 4.43. The number of sulfonamides is 1. The zero-order valence-electron chi connectivity index (χ0n) is 12.6. The first-order chi connectivity index (χ1) is 11.5. The summed E-state index contributed by atoms with van der Waals surface area (Å²) < 4.78 is 70.5. The molecule has 2 aromatic carbocycles. The van der Waals surface area contributed by atoms with Gasteiger partial charge in [-0.3, -0.25) is 4.72 Å². The minimum atomic E-state index is -4.91. The molecule has 0 amide bonds. The number of nitrogens with one attached hydrogen (secondary N) is 1. The van der Waals surface area contributed by atoms with E-state index in [1.54, 1.807) is 0 Å². The van der Waals surface area contributed by atoms with Crippen LogP contribution in [0.3, 0.4) is 0 Å². The van der Waals surface area contributed by atoms with Crippen molar-refractivity contribution in [2.75, 3.05) is 11.8 Å². The number of carbonyl (C=O) groups excluding carboxylic acids is 1. The Hall–Kier alpha value is -2.26. The lowest BCUT2D eigenvalue weighted by atomic mass is 10.2. The fraction of sp³-hybridized carbons (Fsp3) is 0.133. The highest BCUT2D eigenvalue weighted by atomic mass is 35.5. The second kappa shape index (κ2) is 6.93. The molecule has 0 radical (unpaired) electrons. The van der Waals surface area contributed by atoms with Crippen molar-refractivity contribution in [2.45, 2.75) is 11.1 Å². The van der Waals surface area contributed by atoms with Crippen molar-refractivity contribution in [3.05, 3.63) is 58.6 Å². The highest BCUT2D eigenvalue weighted by molar-refractivity contribution is 7.92. The molecular formula is C15H11ClF3NO4S. The predicted molar refractivity (Wildman–Crippen MR) is 85.0 cm³/mol. The van der Waals surface area contributed by atoms with Crippen LogP contribution in [0.5, 0.6) is 0 Å². The molecule has 1 N–H and O–H groups in total. The Morgan fingerprint density at radius 3 is 2.44 bits per heavy atom. The van der Waals surface area contributed by atoms with Crippen molar-refractivity contribution in [3.63, 3.8) is 0 Å². The number of esters is 1. The van der Waals surface area contributed by atoms with Gasteiger partial charge in [0.1, 0.15) is 0 Å². The van der Waals surface area contributed by atoms with Gasteiger partial charge in [-0.2, -0.15) is 13.2 Å². The van der Waals surface area contributed by atoms with E-state index >= 15 is 0 Å². The molecule has 0 atom stereocenters. The summed E-state index contributed by atoms with van der Waals surface area (Å²) in [6, 6.07) is 7.48. The number of benzene rings is 2. The van der Waals surface area contributed by atoms with Gasteiger partial charge < -0.3 is 4.74 Å². The number of hydrogen-bond acceptors (Lipinski definition) is 4. The van der Waals surface area contributed by atoms with E-state index in [2.05, 4.69) is 4.74 Å². The SMILES string of the molecule is COC(=O)c1cccc(NS(=O)(=O)c2ccc(Cl)cc2C(F)(F)F)c1.